The van der Waals surface area contributed by atoms with Gasteiger partial charge < -0.3 is 20.1 Å². The Morgan fingerprint density at radius 1 is 1.24 bits per heavy atom. The highest BCUT2D eigenvalue weighted by molar-refractivity contribution is 5.45. The summed E-state index contributed by atoms with van der Waals surface area (Å²) in [6.07, 6.45) is 1.15. The van der Waals surface area contributed by atoms with Crippen LogP contribution in [-0.4, -0.2) is 25.9 Å². The second-order valence-corrected chi connectivity index (χ2v) is 4.60. The molecule has 0 aliphatic carbocycles. The quantitative estimate of drug-likeness (QED) is 0.812. The average molecular weight is 234 g/mol. The third-order valence-electron chi connectivity index (χ3n) is 3.47. The van der Waals surface area contributed by atoms with Gasteiger partial charge in [-0.05, 0) is 24.1 Å². The highest BCUT2D eigenvalue weighted by atomic mass is 16.7. The van der Waals surface area contributed by atoms with E-state index in [1.807, 2.05) is 6.07 Å². The van der Waals surface area contributed by atoms with Crippen molar-refractivity contribution in [2.24, 2.45) is 0 Å². The van der Waals surface area contributed by atoms with Gasteiger partial charge in [-0.25, -0.2) is 0 Å². The molecule has 0 saturated carbocycles. The zero-order valence-corrected chi connectivity index (χ0v) is 10.0. The van der Waals surface area contributed by atoms with Crippen LogP contribution in [0.4, 0.5) is 0 Å². The third kappa shape index (κ3) is 2.10. The van der Waals surface area contributed by atoms with Crippen molar-refractivity contribution in [3.05, 3.63) is 23.8 Å². The van der Waals surface area contributed by atoms with Crippen LogP contribution in [0.2, 0.25) is 0 Å². The van der Waals surface area contributed by atoms with E-state index in [-0.39, 0.29) is 0 Å². The molecule has 2 atom stereocenters. The van der Waals surface area contributed by atoms with Crippen LogP contribution in [0.3, 0.4) is 0 Å². The smallest absolute Gasteiger partial charge is 0.231 e. The van der Waals surface area contributed by atoms with E-state index in [2.05, 4.69) is 29.7 Å². The molecule has 3 rings (SSSR count). The highest BCUT2D eigenvalue weighted by Crippen LogP contribution is 2.34. The summed E-state index contributed by atoms with van der Waals surface area (Å²) in [6, 6.07) is 7.11. The van der Waals surface area contributed by atoms with Crippen LogP contribution in [0.15, 0.2) is 18.2 Å². The first-order valence-electron chi connectivity index (χ1n) is 6.23. The Morgan fingerprint density at radius 2 is 2.12 bits per heavy atom. The lowest BCUT2D eigenvalue weighted by Crippen LogP contribution is -2.49. The normalized spacial score (nSPS) is 27.1. The van der Waals surface area contributed by atoms with Crippen LogP contribution in [0.1, 0.15) is 24.9 Å². The van der Waals surface area contributed by atoms with Gasteiger partial charge >= 0.3 is 0 Å². The molecule has 1 fully saturated rings. The number of nitrogens with one attached hydrogen (secondary N) is 2. The van der Waals surface area contributed by atoms with Crippen LogP contribution in [0.25, 0.3) is 0 Å². The van der Waals surface area contributed by atoms with E-state index in [1.165, 1.54) is 5.56 Å². The lowest BCUT2D eigenvalue weighted by molar-refractivity contribution is 0.174. The molecule has 1 saturated heterocycles. The molecule has 1 unspecified atom stereocenters. The highest BCUT2D eigenvalue weighted by Gasteiger charge is 2.22. The first kappa shape index (κ1) is 10.9. The predicted octanol–water partition coefficient (Wildman–Crippen LogP) is 1.43. The van der Waals surface area contributed by atoms with Crippen molar-refractivity contribution in [2.75, 3.05) is 19.9 Å². The lowest BCUT2D eigenvalue weighted by atomic mass is 10.0. The molecule has 92 valence electrons. The fourth-order valence-electron chi connectivity index (χ4n) is 2.41. The van der Waals surface area contributed by atoms with E-state index in [4.69, 9.17) is 9.47 Å². The van der Waals surface area contributed by atoms with Gasteiger partial charge in [0, 0.05) is 25.2 Å². The first-order valence-corrected chi connectivity index (χ1v) is 6.23. The summed E-state index contributed by atoms with van der Waals surface area (Å²) < 4.78 is 10.7. The maximum atomic E-state index is 5.41. The Kier molecular flexibility index (Phi) is 2.91. The first-order chi connectivity index (χ1) is 8.36. The van der Waals surface area contributed by atoms with Crippen molar-refractivity contribution in [3.8, 4) is 11.5 Å². The van der Waals surface area contributed by atoms with Crippen LogP contribution in [0.5, 0.6) is 11.5 Å². The largest absolute Gasteiger partial charge is 0.454 e. The lowest BCUT2D eigenvalue weighted by Gasteiger charge is -2.31. The summed E-state index contributed by atoms with van der Waals surface area (Å²) >= 11 is 0. The molecular weight excluding hydrogens is 216 g/mol. The Balaban J connectivity index is 1.79. The SMILES string of the molecule is CC[C@H]1CNCC(c2ccc3c(c2)OCO3)N1. The Morgan fingerprint density at radius 3 is 3.00 bits per heavy atom. The molecule has 17 heavy (non-hydrogen) atoms. The molecule has 0 radical (unpaired) electrons. The van der Waals surface area contributed by atoms with Gasteiger partial charge in [-0.2, -0.15) is 0 Å². The van der Waals surface area contributed by atoms with Crippen LogP contribution in [0, 0.1) is 0 Å². The van der Waals surface area contributed by atoms with Crippen molar-refractivity contribution in [1.29, 1.82) is 0 Å². The molecular formula is C13H18N2O2. The molecule has 0 amide bonds. The molecule has 1 aromatic rings. The van der Waals surface area contributed by atoms with Crippen LogP contribution in [-0.2, 0) is 0 Å². The molecule has 0 aromatic heterocycles. The van der Waals surface area contributed by atoms with Gasteiger partial charge in [0.1, 0.15) is 0 Å². The van der Waals surface area contributed by atoms with Gasteiger partial charge in [-0.3, -0.25) is 0 Å². The van der Waals surface area contributed by atoms with Crippen molar-refractivity contribution in [3.63, 3.8) is 0 Å². The van der Waals surface area contributed by atoms with Gasteiger partial charge in [0.15, 0.2) is 11.5 Å². The Bertz CT molecular complexity index is 408. The maximum Gasteiger partial charge on any atom is 0.231 e. The van der Waals surface area contributed by atoms with Crippen LogP contribution >= 0.6 is 0 Å². The van der Waals surface area contributed by atoms with E-state index in [9.17, 15) is 0 Å². The number of hydrogen-bond donors (Lipinski definition) is 2. The molecule has 1 aromatic carbocycles. The zero-order chi connectivity index (χ0) is 11.7. The van der Waals surface area contributed by atoms with E-state index in [0.717, 1.165) is 31.0 Å². The van der Waals surface area contributed by atoms with E-state index in [0.29, 0.717) is 18.9 Å². The monoisotopic (exact) mass is 234 g/mol. The molecule has 2 aliphatic rings. The molecule has 2 aliphatic heterocycles. The minimum atomic E-state index is 0.340. The second-order valence-electron chi connectivity index (χ2n) is 4.60. The third-order valence-corrected chi connectivity index (χ3v) is 3.47. The fraction of sp³-hybridized carbons (Fsp3) is 0.538. The summed E-state index contributed by atoms with van der Waals surface area (Å²) in [5, 5.41) is 7.12. The number of ether oxygens (including phenoxy) is 2. The molecule has 2 N–H and O–H groups in total. The van der Waals surface area contributed by atoms with Gasteiger partial charge in [-0.15, -0.1) is 0 Å². The molecule has 0 bridgehead atoms. The number of hydrogen-bond acceptors (Lipinski definition) is 4. The van der Waals surface area contributed by atoms with Crippen molar-refractivity contribution < 1.29 is 9.47 Å². The van der Waals surface area contributed by atoms with E-state index >= 15 is 0 Å². The molecule has 4 nitrogen and oxygen atoms in total. The van der Waals surface area contributed by atoms with Crippen molar-refractivity contribution >= 4 is 0 Å². The molecule has 4 heteroatoms. The molecule has 2 heterocycles. The van der Waals surface area contributed by atoms with Crippen molar-refractivity contribution in [1.82, 2.24) is 10.6 Å². The summed E-state index contributed by atoms with van der Waals surface area (Å²) in [7, 11) is 0. The topological polar surface area (TPSA) is 42.5 Å². The number of fused-ring (bicyclic) bond motifs is 1. The number of rotatable bonds is 2. The van der Waals surface area contributed by atoms with Crippen LogP contribution < -0.4 is 20.1 Å². The average Bonchev–Trinajstić information content (AvgIpc) is 2.86. The van der Waals surface area contributed by atoms with Crippen molar-refractivity contribution in [2.45, 2.75) is 25.4 Å². The minimum Gasteiger partial charge on any atom is -0.454 e. The van der Waals surface area contributed by atoms with Gasteiger partial charge in [0.05, 0.1) is 0 Å². The standard InChI is InChI=1S/C13H18N2O2/c1-2-10-6-14-7-11(15-10)9-3-4-12-13(5-9)17-8-16-12/h3-5,10-11,14-15H,2,6-8H2,1H3/t10-,11?/m0/s1. The minimum absolute atomic E-state index is 0.340. The summed E-state index contributed by atoms with van der Waals surface area (Å²) in [6.45, 7) is 4.57. The van der Waals surface area contributed by atoms with Gasteiger partial charge in [0.2, 0.25) is 6.79 Å². The Hall–Kier alpha value is -1.26. The molecule has 0 spiro atoms. The second kappa shape index (κ2) is 4.55. The van der Waals surface area contributed by atoms with E-state index in [1.54, 1.807) is 0 Å². The fourth-order valence-corrected chi connectivity index (χ4v) is 2.41. The zero-order valence-electron chi connectivity index (χ0n) is 10.0. The number of piperazine rings is 1. The maximum absolute atomic E-state index is 5.41. The van der Waals surface area contributed by atoms with E-state index < -0.39 is 0 Å². The summed E-state index contributed by atoms with van der Waals surface area (Å²) in [5.74, 6) is 1.72. The summed E-state index contributed by atoms with van der Waals surface area (Å²) in [4.78, 5) is 0. The predicted molar refractivity (Wildman–Crippen MR) is 65.4 cm³/mol. The van der Waals surface area contributed by atoms with Gasteiger partial charge in [0.25, 0.3) is 0 Å². The van der Waals surface area contributed by atoms with Gasteiger partial charge in [-0.1, -0.05) is 13.0 Å². The summed E-state index contributed by atoms with van der Waals surface area (Å²) in [5.41, 5.74) is 1.26. The Labute approximate surface area is 101 Å². The number of benzene rings is 1.